The van der Waals surface area contributed by atoms with Crippen LogP contribution in [0.5, 0.6) is 11.5 Å². The third-order valence-corrected chi connectivity index (χ3v) is 7.88. The Labute approximate surface area is 228 Å². The summed E-state index contributed by atoms with van der Waals surface area (Å²) in [5.41, 5.74) is 1.19. The van der Waals surface area contributed by atoms with Crippen molar-refractivity contribution in [3.63, 3.8) is 0 Å². The van der Waals surface area contributed by atoms with E-state index in [1.165, 1.54) is 27.0 Å². The average molecular weight is 586 g/mol. The lowest BCUT2D eigenvalue weighted by Gasteiger charge is -2.31. The number of hydrogen-bond donors (Lipinski definition) is 2. The highest BCUT2D eigenvalue weighted by Gasteiger charge is 2.32. The molecule has 1 fully saturated rings. The van der Waals surface area contributed by atoms with Crippen LogP contribution in [0.3, 0.4) is 0 Å². The molecule has 0 bridgehead atoms. The number of alkyl halides is 3. The van der Waals surface area contributed by atoms with Gasteiger partial charge in [0.15, 0.2) is 17.4 Å². The fraction of sp³-hybridized carbons (Fsp3) is 0.522. The van der Waals surface area contributed by atoms with Gasteiger partial charge in [-0.3, -0.25) is 4.90 Å². The van der Waals surface area contributed by atoms with Gasteiger partial charge in [0.25, 0.3) is 0 Å². The lowest BCUT2D eigenvalue weighted by molar-refractivity contribution is -0.274. The molecule has 17 heteroatoms. The molecule has 4 heterocycles. The largest absolute Gasteiger partial charge is 0.573 e. The normalized spacial score (nSPS) is 16.7. The SMILES string of the molecule is CN1CCOc2c(NCN(CCN3CCNCC3)S(C)(=O)=O)nn3c(-c4cccc(OC(F)(F)F)c4)nnc3c21. The van der Waals surface area contributed by atoms with E-state index in [0.717, 1.165) is 32.4 Å². The second-order valence-corrected chi connectivity index (χ2v) is 11.5. The Hall–Kier alpha value is -3.41. The molecule has 2 aliphatic rings. The van der Waals surface area contributed by atoms with Crippen molar-refractivity contribution in [1.82, 2.24) is 34.3 Å². The van der Waals surface area contributed by atoms with Crippen LogP contribution in [0.2, 0.25) is 0 Å². The first-order chi connectivity index (χ1) is 19.0. The minimum Gasteiger partial charge on any atom is -0.486 e. The van der Waals surface area contributed by atoms with E-state index in [9.17, 15) is 21.6 Å². The lowest BCUT2D eigenvalue weighted by atomic mass is 10.2. The van der Waals surface area contributed by atoms with Gasteiger partial charge in [-0.25, -0.2) is 8.42 Å². The smallest absolute Gasteiger partial charge is 0.486 e. The maximum atomic E-state index is 12.8. The number of benzene rings is 1. The molecule has 0 aliphatic carbocycles. The highest BCUT2D eigenvalue weighted by molar-refractivity contribution is 7.88. The van der Waals surface area contributed by atoms with Gasteiger partial charge >= 0.3 is 6.36 Å². The Kier molecular flexibility index (Phi) is 7.89. The molecule has 40 heavy (non-hydrogen) atoms. The number of ether oxygens (including phenoxy) is 2. The molecule has 0 unspecified atom stereocenters. The van der Waals surface area contributed by atoms with Crippen molar-refractivity contribution >= 4 is 27.2 Å². The summed E-state index contributed by atoms with van der Waals surface area (Å²) in [6, 6.07) is 5.35. The highest BCUT2D eigenvalue weighted by atomic mass is 32.2. The summed E-state index contributed by atoms with van der Waals surface area (Å²) in [6.45, 7) is 5.07. The van der Waals surface area contributed by atoms with Crippen LogP contribution in [0.4, 0.5) is 24.7 Å². The molecule has 218 valence electrons. The van der Waals surface area contributed by atoms with E-state index >= 15 is 0 Å². The van der Waals surface area contributed by atoms with Crippen LogP contribution in [0.25, 0.3) is 17.0 Å². The van der Waals surface area contributed by atoms with Crippen molar-refractivity contribution in [2.45, 2.75) is 6.36 Å². The van der Waals surface area contributed by atoms with Gasteiger partial charge in [-0.05, 0) is 12.1 Å². The predicted octanol–water partition coefficient (Wildman–Crippen LogP) is 1.05. The molecular formula is C23H30F3N9O4S. The van der Waals surface area contributed by atoms with Crippen molar-refractivity contribution in [3.8, 4) is 22.9 Å². The summed E-state index contributed by atoms with van der Waals surface area (Å²) in [5, 5.41) is 19.4. The maximum absolute atomic E-state index is 12.8. The van der Waals surface area contributed by atoms with Crippen LogP contribution in [-0.2, 0) is 10.0 Å². The molecule has 2 aliphatic heterocycles. The van der Waals surface area contributed by atoms with E-state index in [-0.39, 0.29) is 24.9 Å². The number of anilines is 2. The number of aromatic nitrogens is 4. The van der Waals surface area contributed by atoms with Gasteiger partial charge in [-0.2, -0.15) is 8.82 Å². The number of nitrogens with one attached hydrogen (secondary N) is 2. The topological polar surface area (TPSA) is 129 Å². The highest BCUT2D eigenvalue weighted by Crippen LogP contribution is 2.40. The monoisotopic (exact) mass is 585 g/mol. The molecule has 13 nitrogen and oxygen atoms in total. The van der Waals surface area contributed by atoms with Crippen molar-refractivity contribution in [2.24, 2.45) is 0 Å². The standard InChI is InChI=1S/C23H30F3N9O4S/c1-32-12-13-38-19-18(32)22-30-29-21(16-4-3-5-17(14-16)39-23(24,25)26)35(22)31-20(19)28-15-34(40(2,36)37)11-10-33-8-6-27-7-9-33/h3-5,14,27H,6-13,15H2,1-2H3,(H,28,31). The number of likely N-dealkylation sites (N-methyl/N-ethyl adjacent to an activating group) is 1. The number of piperazine rings is 1. The summed E-state index contributed by atoms with van der Waals surface area (Å²) in [6.07, 6.45) is -3.70. The molecule has 3 aromatic rings. The molecule has 2 aromatic heterocycles. The van der Waals surface area contributed by atoms with Crippen LogP contribution in [-0.4, -0.2) is 116 Å². The Morgan fingerprint density at radius 2 is 1.98 bits per heavy atom. The zero-order valence-corrected chi connectivity index (χ0v) is 22.8. The van der Waals surface area contributed by atoms with Crippen LogP contribution in [0.1, 0.15) is 0 Å². The number of rotatable bonds is 9. The van der Waals surface area contributed by atoms with Gasteiger partial charge < -0.3 is 25.0 Å². The average Bonchev–Trinajstić information content (AvgIpc) is 3.31. The minimum atomic E-state index is -4.85. The fourth-order valence-corrected chi connectivity index (χ4v) is 5.31. The second kappa shape index (κ2) is 11.2. The zero-order valence-electron chi connectivity index (χ0n) is 22.0. The van der Waals surface area contributed by atoms with Crippen molar-refractivity contribution in [1.29, 1.82) is 0 Å². The van der Waals surface area contributed by atoms with Crippen LogP contribution < -0.4 is 25.0 Å². The molecule has 1 aromatic carbocycles. The Bertz CT molecular complexity index is 1460. The Morgan fingerprint density at radius 1 is 1.20 bits per heavy atom. The van der Waals surface area contributed by atoms with Gasteiger partial charge in [-0.15, -0.1) is 28.5 Å². The van der Waals surface area contributed by atoms with Gasteiger partial charge in [0, 0.05) is 51.9 Å². The number of halogens is 3. The molecule has 0 radical (unpaired) electrons. The lowest BCUT2D eigenvalue weighted by Crippen LogP contribution is -2.47. The van der Waals surface area contributed by atoms with E-state index in [0.29, 0.717) is 42.3 Å². The van der Waals surface area contributed by atoms with Gasteiger partial charge in [0.2, 0.25) is 15.7 Å². The Balaban J connectivity index is 1.47. The number of fused-ring (bicyclic) bond motifs is 3. The first-order valence-electron chi connectivity index (χ1n) is 12.6. The number of nitrogens with zero attached hydrogens (tertiary/aromatic N) is 7. The first kappa shape index (κ1) is 28.1. The third-order valence-electron chi connectivity index (χ3n) is 6.63. The van der Waals surface area contributed by atoms with Crippen molar-refractivity contribution in [3.05, 3.63) is 24.3 Å². The Morgan fingerprint density at radius 3 is 2.70 bits per heavy atom. The maximum Gasteiger partial charge on any atom is 0.573 e. The van der Waals surface area contributed by atoms with E-state index in [4.69, 9.17) is 4.74 Å². The minimum absolute atomic E-state index is 0.0741. The summed E-state index contributed by atoms with van der Waals surface area (Å²) in [7, 11) is -1.72. The molecular weight excluding hydrogens is 555 g/mol. The van der Waals surface area contributed by atoms with E-state index in [1.54, 1.807) is 6.07 Å². The van der Waals surface area contributed by atoms with Gasteiger partial charge in [0.05, 0.1) is 19.5 Å². The first-order valence-corrected chi connectivity index (χ1v) is 14.5. The van der Waals surface area contributed by atoms with Crippen molar-refractivity contribution < 1.29 is 31.1 Å². The van der Waals surface area contributed by atoms with Gasteiger partial charge in [0.1, 0.15) is 18.0 Å². The van der Waals surface area contributed by atoms with Crippen LogP contribution in [0, 0.1) is 0 Å². The second-order valence-electron chi connectivity index (χ2n) is 9.50. The zero-order chi connectivity index (χ0) is 28.5. The fourth-order valence-electron chi connectivity index (χ4n) is 4.60. The molecule has 0 saturated carbocycles. The van der Waals surface area contributed by atoms with Crippen LogP contribution >= 0.6 is 0 Å². The van der Waals surface area contributed by atoms with E-state index in [1.807, 2.05) is 11.9 Å². The summed E-state index contributed by atoms with van der Waals surface area (Å²) in [4.78, 5) is 4.10. The molecule has 0 amide bonds. The van der Waals surface area contributed by atoms with Crippen molar-refractivity contribution in [2.75, 3.05) is 82.6 Å². The van der Waals surface area contributed by atoms with E-state index in [2.05, 4.69) is 35.6 Å². The summed E-state index contributed by atoms with van der Waals surface area (Å²) in [5.74, 6) is 0.386. The summed E-state index contributed by atoms with van der Waals surface area (Å²) >= 11 is 0. The molecule has 0 spiro atoms. The predicted molar refractivity (Wildman–Crippen MR) is 141 cm³/mol. The van der Waals surface area contributed by atoms with Gasteiger partial charge in [-0.1, -0.05) is 12.1 Å². The molecule has 5 rings (SSSR count). The molecule has 2 N–H and O–H groups in total. The number of hydrogen-bond acceptors (Lipinski definition) is 11. The van der Waals surface area contributed by atoms with Crippen LogP contribution in [0.15, 0.2) is 24.3 Å². The quantitative estimate of drug-likeness (QED) is 0.350. The third kappa shape index (κ3) is 6.32. The summed E-state index contributed by atoms with van der Waals surface area (Å²) < 4.78 is 76.3. The number of sulfonamides is 1. The molecule has 1 saturated heterocycles. The molecule has 0 atom stereocenters. The van der Waals surface area contributed by atoms with E-state index < -0.39 is 22.1 Å².